The van der Waals surface area contributed by atoms with E-state index in [1.54, 1.807) is 13.8 Å². The van der Waals surface area contributed by atoms with Crippen molar-refractivity contribution in [3.63, 3.8) is 0 Å². The molecule has 0 aromatic rings. The number of unbranched alkanes of at least 4 members (excludes halogenated alkanes) is 2. The van der Waals surface area contributed by atoms with Crippen molar-refractivity contribution < 1.29 is 34.8 Å². The molecule has 0 aromatic carbocycles. The normalized spacial score (nSPS) is 11.4. The average molecular weight is 519 g/mol. The molecule has 0 spiro atoms. The Kier molecular flexibility index (Phi) is 15.0. The van der Waals surface area contributed by atoms with E-state index >= 15 is 0 Å². The third kappa shape index (κ3) is 13.1. The molecular weight excluding hydrogens is 487 g/mol. The number of carbonyl (C=O) groups is 4. The minimum absolute atomic E-state index is 0.193. The molecule has 0 amide bonds. The van der Waals surface area contributed by atoms with Crippen molar-refractivity contribution in [1.29, 1.82) is 0 Å². The van der Waals surface area contributed by atoms with Crippen molar-refractivity contribution in [2.24, 2.45) is 0 Å². The van der Waals surface area contributed by atoms with Crippen LogP contribution in [-0.2, 0) is 34.8 Å². The molecule has 0 saturated heterocycles. The van der Waals surface area contributed by atoms with Crippen molar-refractivity contribution in [3.8, 4) is 0 Å². The fourth-order valence-corrected chi connectivity index (χ4v) is 11.9. The van der Waals surface area contributed by atoms with Gasteiger partial charge in [0.05, 0.1) is 0 Å². The Morgan fingerprint density at radius 2 is 0.966 bits per heavy atom. The van der Waals surface area contributed by atoms with Gasteiger partial charge in [0.25, 0.3) is 0 Å². The zero-order valence-corrected chi connectivity index (χ0v) is 20.6. The van der Waals surface area contributed by atoms with Crippen molar-refractivity contribution in [1.82, 2.24) is 0 Å². The minimum atomic E-state index is -4.15. The van der Waals surface area contributed by atoms with Gasteiger partial charge < -0.3 is 0 Å². The number of esters is 2. The maximum atomic E-state index is 12.3. The second kappa shape index (κ2) is 16.0. The predicted molar refractivity (Wildman–Crippen MR) is 109 cm³/mol. The molecule has 0 atom stereocenters. The van der Waals surface area contributed by atoms with E-state index in [0.29, 0.717) is 8.87 Å². The third-order valence-corrected chi connectivity index (χ3v) is 13.3. The van der Waals surface area contributed by atoms with Gasteiger partial charge in [0.1, 0.15) is 0 Å². The molecule has 0 rings (SSSR count). The van der Waals surface area contributed by atoms with Crippen LogP contribution in [0.1, 0.15) is 53.4 Å². The predicted octanol–water partition coefficient (Wildman–Crippen LogP) is 3.35. The van der Waals surface area contributed by atoms with Crippen LogP contribution in [0.4, 0.5) is 0 Å². The number of rotatable bonds is 14. The van der Waals surface area contributed by atoms with Crippen molar-refractivity contribution in [2.45, 2.75) is 62.3 Å². The molecule has 0 fully saturated rings. The Bertz CT molecular complexity index is 545. The van der Waals surface area contributed by atoms with Crippen LogP contribution in [0.25, 0.3) is 0 Å². The van der Waals surface area contributed by atoms with Crippen LogP contribution >= 0.6 is 0 Å². The summed E-state index contributed by atoms with van der Waals surface area (Å²) in [7, 11) is 0. The molecule has 0 aliphatic heterocycles. The van der Waals surface area contributed by atoms with E-state index < -0.39 is 43.1 Å². The van der Waals surface area contributed by atoms with E-state index in [-0.39, 0.29) is 13.2 Å². The molecule has 0 heterocycles. The van der Waals surface area contributed by atoms with E-state index in [1.165, 1.54) is 0 Å². The summed E-state index contributed by atoms with van der Waals surface area (Å²) in [4.78, 5) is 47.4. The number of carbonyl (C=O) groups excluding carboxylic acids is 4. The molecular formula is C20H32O8Sn. The first-order valence-corrected chi connectivity index (χ1v) is 16.3. The molecule has 164 valence electrons. The molecule has 0 bridgehead atoms. The molecule has 0 radical (unpaired) electrons. The van der Waals surface area contributed by atoms with Crippen LogP contribution in [0.3, 0.4) is 0 Å². The van der Waals surface area contributed by atoms with Crippen LogP contribution in [0.15, 0.2) is 24.3 Å². The van der Waals surface area contributed by atoms with Crippen LogP contribution < -0.4 is 0 Å². The van der Waals surface area contributed by atoms with Crippen LogP contribution in [-0.4, -0.2) is 56.3 Å². The van der Waals surface area contributed by atoms with E-state index in [0.717, 1.165) is 50.0 Å². The van der Waals surface area contributed by atoms with Crippen molar-refractivity contribution in [2.75, 3.05) is 13.2 Å². The van der Waals surface area contributed by atoms with E-state index in [9.17, 15) is 19.2 Å². The molecule has 0 unspecified atom stereocenters. The molecule has 0 aliphatic carbocycles. The molecule has 0 saturated carbocycles. The Labute approximate surface area is 177 Å². The first-order chi connectivity index (χ1) is 13.8. The summed E-state index contributed by atoms with van der Waals surface area (Å²) in [6.07, 6.45) is 7.13. The Hall–Kier alpha value is -1.84. The van der Waals surface area contributed by atoms with Gasteiger partial charge in [0.2, 0.25) is 0 Å². The number of ether oxygens (including phenoxy) is 2. The molecule has 0 aromatic heterocycles. The quantitative estimate of drug-likeness (QED) is 0.196. The summed E-state index contributed by atoms with van der Waals surface area (Å²) in [6.45, 7) is 7.68. The summed E-state index contributed by atoms with van der Waals surface area (Å²) >= 11 is -4.15. The summed E-state index contributed by atoms with van der Waals surface area (Å²) in [6, 6.07) is 0. The van der Waals surface area contributed by atoms with Crippen molar-refractivity contribution >= 4 is 43.1 Å². The second-order valence-corrected chi connectivity index (χ2v) is 15.3. The molecule has 8 nitrogen and oxygen atoms in total. The number of hydrogen-bond donors (Lipinski definition) is 0. The summed E-state index contributed by atoms with van der Waals surface area (Å²) < 4.78 is 21.8. The van der Waals surface area contributed by atoms with E-state index in [4.69, 9.17) is 15.6 Å². The van der Waals surface area contributed by atoms with Gasteiger partial charge in [-0.25, -0.2) is 0 Å². The van der Waals surface area contributed by atoms with Crippen LogP contribution in [0.5, 0.6) is 0 Å². The Morgan fingerprint density at radius 3 is 1.28 bits per heavy atom. The molecule has 0 N–H and O–H groups in total. The third-order valence-electron chi connectivity index (χ3n) is 3.68. The topological polar surface area (TPSA) is 105 Å². The van der Waals surface area contributed by atoms with Gasteiger partial charge in [0, 0.05) is 0 Å². The van der Waals surface area contributed by atoms with Crippen molar-refractivity contribution in [3.05, 3.63) is 24.3 Å². The Balaban J connectivity index is 5.39. The van der Waals surface area contributed by atoms with Gasteiger partial charge in [-0.1, -0.05) is 0 Å². The SMILES string of the molecule is CCC[CH2][Sn]([CH2]CCC)([O]C(=O)C=CC(=O)OCC)[O]C(=O)C=CC(=O)OCC. The van der Waals surface area contributed by atoms with Crippen LogP contribution in [0, 0.1) is 0 Å². The zero-order valence-electron chi connectivity index (χ0n) is 17.7. The summed E-state index contributed by atoms with van der Waals surface area (Å²) in [5.74, 6) is -2.77. The van der Waals surface area contributed by atoms with Crippen LogP contribution in [0.2, 0.25) is 8.87 Å². The molecule has 9 heteroatoms. The van der Waals surface area contributed by atoms with Gasteiger partial charge in [-0.2, -0.15) is 0 Å². The second-order valence-electron chi connectivity index (χ2n) is 6.13. The Morgan fingerprint density at radius 1 is 0.621 bits per heavy atom. The fraction of sp³-hybridized carbons (Fsp3) is 0.600. The summed E-state index contributed by atoms with van der Waals surface area (Å²) in [5, 5.41) is 0. The van der Waals surface area contributed by atoms with Gasteiger partial charge in [-0.05, 0) is 0 Å². The standard InChI is InChI=1S/2C6H8O4.2C4H9.Sn/c2*1-2-10-6(9)4-3-5(7)8;2*1-3-4-2;/h2*3-4H,2H2,1H3,(H,7,8);2*1,3-4H2,2H3;/q;;;;+2/p-2. The fourth-order valence-electron chi connectivity index (χ4n) is 2.33. The molecule has 29 heavy (non-hydrogen) atoms. The summed E-state index contributed by atoms with van der Waals surface area (Å²) in [5.41, 5.74) is 0. The van der Waals surface area contributed by atoms with Gasteiger partial charge in [0.15, 0.2) is 0 Å². The maximum absolute atomic E-state index is 12.3. The molecule has 0 aliphatic rings. The average Bonchev–Trinajstić information content (AvgIpc) is 2.68. The monoisotopic (exact) mass is 520 g/mol. The first kappa shape index (κ1) is 27.2. The van der Waals surface area contributed by atoms with Gasteiger partial charge in [-0.3, -0.25) is 0 Å². The number of hydrogen-bond acceptors (Lipinski definition) is 8. The van der Waals surface area contributed by atoms with E-state index in [2.05, 4.69) is 0 Å². The zero-order chi connectivity index (χ0) is 22.1. The van der Waals surface area contributed by atoms with Gasteiger partial charge >= 0.3 is 178 Å². The van der Waals surface area contributed by atoms with Gasteiger partial charge in [-0.15, -0.1) is 0 Å². The van der Waals surface area contributed by atoms with E-state index in [1.807, 2.05) is 13.8 Å². The first-order valence-electron chi connectivity index (χ1n) is 9.98.